The smallest absolute Gasteiger partial charge is 0.300 e. The predicted octanol–water partition coefficient (Wildman–Crippen LogP) is 1.16. The SMILES string of the molecule is CC(=O)O.NC(=O)C1(NC(=O)CC2CCNCC2)CCCCCC1. The largest absolute Gasteiger partial charge is 0.481 e. The topological polar surface area (TPSA) is 122 Å². The first-order chi connectivity index (χ1) is 11.4. The van der Waals surface area contributed by atoms with Gasteiger partial charge in [-0.3, -0.25) is 14.4 Å². The minimum absolute atomic E-state index is 0.00222. The number of carbonyl (C=O) groups is 3. The van der Waals surface area contributed by atoms with Gasteiger partial charge in [0.1, 0.15) is 5.54 Å². The Morgan fingerprint density at radius 2 is 1.62 bits per heavy atom. The summed E-state index contributed by atoms with van der Waals surface area (Å²) in [5, 5.41) is 13.7. The minimum Gasteiger partial charge on any atom is -0.481 e. The Bertz CT molecular complexity index is 422. The lowest BCUT2D eigenvalue weighted by atomic mass is 9.88. The minimum atomic E-state index is -0.833. The van der Waals surface area contributed by atoms with E-state index >= 15 is 0 Å². The molecule has 2 aliphatic rings. The van der Waals surface area contributed by atoms with E-state index in [4.69, 9.17) is 15.6 Å². The van der Waals surface area contributed by atoms with Gasteiger partial charge in [-0.1, -0.05) is 25.7 Å². The molecule has 24 heavy (non-hydrogen) atoms. The Kier molecular flexibility index (Phi) is 8.74. The van der Waals surface area contributed by atoms with Gasteiger partial charge in [-0.15, -0.1) is 0 Å². The summed E-state index contributed by atoms with van der Waals surface area (Å²) < 4.78 is 0. The number of rotatable bonds is 4. The number of nitrogens with two attached hydrogens (primary N) is 1. The molecule has 0 aromatic heterocycles. The van der Waals surface area contributed by atoms with Gasteiger partial charge in [-0.2, -0.15) is 0 Å². The average molecular weight is 341 g/mol. The second-order valence-corrected chi connectivity index (χ2v) is 6.83. The fraction of sp³-hybridized carbons (Fsp3) is 0.824. The highest BCUT2D eigenvalue weighted by atomic mass is 16.4. The van der Waals surface area contributed by atoms with Crippen LogP contribution < -0.4 is 16.4 Å². The Labute approximate surface area is 143 Å². The fourth-order valence-electron chi connectivity index (χ4n) is 3.43. The van der Waals surface area contributed by atoms with E-state index in [1.54, 1.807) is 0 Å². The number of carbonyl (C=O) groups excluding carboxylic acids is 2. The van der Waals surface area contributed by atoms with Gasteiger partial charge in [0.15, 0.2) is 0 Å². The van der Waals surface area contributed by atoms with Crippen molar-refractivity contribution in [2.24, 2.45) is 11.7 Å². The lowest BCUT2D eigenvalue weighted by molar-refractivity contribution is -0.134. The third kappa shape index (κ3) is 7.29. The summed E-state index contributed by atoms with van der Waals surface area (Å²) in [5.41, 5.74) is 4.80. The first-order valence-corrected chi connectivity index (χ1v) is 8.87. The van der Waals surface area contributed by atoms with Gasteiger partial charge in [-0.05, 0) is 44.7 Å². The van der Waals surface area contributed by atoms with Crippen LogP contribution in [-0.2, 0) is 14.4 Å². The molecule has 0 bridgehead atoms. The summed E-state index contributed by atoms with van der Waals surface area (Å²) in [6, 6.07) is 0. The summed E-state index contributed by atoms with van der Waals surface area (Å²) in [5.74, 6) is -0.761. The molecule has 2 amide bonds. The molecule has 2 rings (SSSR count). The van der Waals surface area contributed by atoms with E-state index in [0.717, 1.165) is 58.5 Å². The van der Waals surface area contributed by atoms with Crippen molar-refractivity contribution in [3.8, 4) is 0 Å². The van der Waals surface area contributed by atoms with Crippen LogP contribution in [0.3, 0.4) is 0 Å². The zero-order valence-corrected chi connectivity index (χ0v) is 14.6. The molecule has 0 unspecified atom stereocenters. The number of nitrogens with one attached hydrogen (secondary N) is 2. The molecule has 1 aliphatic carbocycles. The van der Waals surface area contributed by atoms with E-state index in [-0.39, 0.29) is 11.8 Å². The molecule has 0 spiro atoms. The maximum Gasteiger partial charge on any atom is 0.300 e. The van der Waals surface area contributed by atoms with Crippen LogP contribution in [0.5, 0.6) is 0 Å². The molecular weight excluding hydrogens is 310 g/mol. The van der Waals surface area contributed by atoms with Gasteiger partial charge in [0.25, 0.3) is 5.97 Å². The molecule has 7 nitrogen and oxygen atoms in total. The van der Waals surface area contributed by atoms with Crippen molar-refractivity contribution in [2.75, 3.05) is 13.1 Å². The fourth-order valence-corrected chi connectivity index (χ4v) is 3.43. The number of hydrogen-bond acceptors (Lipinski definition) is 4. The van der Waals surface area contributed by atoms with Gasteiger partial charge in [-0.25, -0.2) is 0 Å². The maximum absolute atomic E-state index is 12.3. The maximum atomic E-state index is 12.3. The summed E-state index contributed by atoms with van der Waals surface area (Å²) in [7, 11) is 0. The molecule has 0 aromatic rings. The number of carboxylic acids is 1. The Morgan fingerprint density at radius 3 is 2.08 bits per heavy atom. The lowest BCUT2D eigenvalue weighted by Gasteiger charge is -2.31. The molecule has 1 saturated heterocycles. The van der Waals surface area contributed by atoms with Crippen LogP contribution in [-0.4, -0.2) is 41.5 Å². The standard InChI is InChI=1S/C15H27N3O2.C2H4O2/c16-14(20)15(7-3-1-2-4-8-15)18-13(19)11-12-5-9-17-10-6-12;1-2(3)4/h12,17H,1-11H2,(H2,16,20)(H,18,19);1H3,(H,3,4). The number of aliphatic carboxylic acids is 1. The second-order valence-electron chi connectivity index (χ2n) is 6.83. The van der Waals surface area contributed by atoms with Gasteiger partial charge >= 0.3 is 0 Å². The summed E-state index contributed by atoms with van der Waals surface area (Å²) >= 11 is 0. The first kappa shape index (κ1) is 20.4. The van der Waals surface area contributed by atoms with Crippen molar-refractivity contribution in [3.63, 3.8) is 0 Å². The number of primary amides is 1. The summed E-state index contributed by atoms with van der Waals surface area (Å²) in [6.45, 7) is 3.05. The normalized spacial score (nSPS) is 20.9. The van der Waals surface area contributed by atoms with Crippen LogP contribution in [0.15, 0.2) is 0 Å². The molecule has 7 heteroatoms. The zero-order chi connectivity index (χ0) is 18.0. The van der Waals surface area contributed by atoms with Crippen LogP contribution in [0.1, 0.15) is 64.7 Å². The van der Waals surface area contributed by atoms with Crippen LogP contribution in [0.25, 0.3) is 0 Å². The summed E-state index contributed by atoms with van der Waals surface area (Å²) in [6.07, 6.45) is 8.18. The van der Waals surface area contributed by atoms with Crippen LogP contribution in [0.4, 0.5) is 0 Å². The van der Waals surface area contributed by atoms with Crippen molar-refractivity contribution < 1.29 is 19.5 Å². The van der Waals surface area contributed by atoms with Gasteiger partial charge < -0.3 is 21.5 Å². The molecule has 1 aliphatic heterocycles. The Morgan fingerprint density at radius 1 is 1.12 bits per heavy atom. The molecular formula is C17H31N3O4. The highest BCUT2D eigenvalue weighted by Crippen LogP contribution is 2.27. The third-order valence-corrected chi connectivity index (χ3v) is 4.74. The summed E-state index contributed by atoms with van der Waals surface area (Å²) in [4.78, 5) is 33.1. The molecule has 0 aromatic carbocycles. The zero-order valence-electron chi connectivity index (χ0n) is 14.6. The van der Waals surface area contributed by atoms with Crippen molar-refractivity contribution in [1.82, 2.24) is 10.6 Å². The number of hydrogen-bond donors (Lipinski definition) is 4. The van der Waals surface area contributed by atoms with Crippen molar-refractivity contribution >= 4 is 17.8 Å². The van der Waals surface area contributed by atoms with E-state index in [1.807, 2.05) is 0 Å². The van der Waals surface area contributed by atoms with E-state index in [0.29, 0.717) is 25.2 Å². The quantitative estimate of drug-likeness (QED) is 0.572. The first-order valence-electron chi connectivity index (χ1n) is 8.87. The van der Waals surface area contributed by atoms with Crippen molar-refractivity contribution in [1.29, 1.82) is 0 Å². The Hall–Kier alpha value is -1.63. The molecule has 0 radical (unpaired) electrons. The van der Waals surface area contributed by atoms with Crippen LogP contribution in [0, 0.1) is 5.92 Å². The highest BCUT2D eigenvalue weighted by molar-refractivity contribution is 5.90. The molecule has 1 heterocycles. The molecule has 0 atom stereocenters. The number of piperidine rings is 1. The van der Waals surface area contributed by atoms with Crippen molar-refractivity contribution in [2.45, 2.75) is 70.3 Å². The van der Waals surface area contributed by atoms with Crippen LogP contribution >= 0.6 is 0 Å². The van der Waals surface area contributed by atoms with E-state index < -0.39 is 11.5 Å². The number of carboxylic acid groups (broad SMARTS) is 1. The Balaban J connectivity index is 0.000000648. The van der Waals surface area contributed by atoms with Crippen LogP contribution in [0.2, 0.25) is 0 Å². The molecule has 2 fully saturated rings. The lowest BCUT2D eigenvalue weighted by Crippen LogP contribution is -2.57. The average Bonchev–Trinajstić information content (AvgIpc) is 2.74. The van der Waals surface area contributed by atoms with Gasteiger partial charge in [0.2, 0.25) is 11.8 Å². The predicted molar refractivity (Wildman–Crippen MR) is 91.3 cm³/mol. The molecule has 1 saturated carbocycles. The third-order valence-electron chi connectivity index (χ3n) is 4.74. The van der Waals surface area contributed by atoms with Gasteiger partial charge in [0, 0.05) is 13.3 Å². The van der Waals surface area contributed by atoms with E-state index in [2.05, 4.69) is 10.6 Å². The molecule has 5 N–H and O–H groups in total. The molecule has 138 valence electrons. The monoisotopic (exact) mass is 341 g/mol. The van der Waals surface area contributed by atoms with E-state index in [9.17, 15) is 9.59 Å². The van der Waals surface area contributed by atoms with Gasteiger partial charge in [0.05, 0.1) is 0 Å². The highest BCUT2D eigenvalue weighted by Gasteiger charge is 2.38. The van der Waals surface area contributed by atoms with Crippen molar-refractivity contribution in [3.05, 3.63) is 0 Å². The number of amides is 2. The van der Waals surface area contributed by atoms with E-state index in [1.165, 1.54) is 0 Å². The second kappa shape index (κ2) is 10.3.